The third kappa shape index (κ3) is 5.33. The van der Waals surface area contributed by atoms with E-state index in [0.29, 0.717) is 23.1 Å². The molecule has 0 bridgehead atoms. The number of nitrogens with one attached hydrogen (secondary N) is 1. The molecule has 8 heteroatoms. The average molecular weight is 482 g/mol. The van der Waals surface area contributed by atoms with Crippen LogP contribution in [0.2, 0.25) is 0 Å². The van der Waals surface area contributed by atoms with Crippen LogP contribution in [0.25, 0.3) is 11.2 Å². The van der Waals surface area contributed by atoms with Crippen LogP contribution in [-0.2, 0) is 6.42 Å². The number of aromatic nitrogens is 4. The van der Waals surface area contributed by atoms with E-state index in [0.717, 1.165) is 69.3 Å². The van der Waals surface area contributed by atoms with Crippen LogP contribution in [0.4, 0.5) is 16.0 Å². The van der Waals surface area contributed by atoms with Gasteiger partial charge in [-0.25, -0.2) is 19.3 Å². The van der Waals surface area contributed by atoms with Crippen LogP contribution in [0.1, 0.15) is 77.1 Å². The summed E-state index contributed by atoms with van der Waals surface area (Å²) < 4.78 is 16.6. The van der Waals surface area contributed by atoms with Crippen LogP contribution in [0, 0.1) is 17.7 Å². The lowest BCUT2D eigenvalue weighted by Gasteiger charge is -2.36. The Bertz CT molecular complexity index is 1160. The number of halogens is 1. The molecule has 3 N–H and O–H groups in total. The first kappa shape index (κ1) is 24.1. The van der Waals surface area contributed by atoms with Crippen molar-refractivity contribution in [3.8, 4) is 0 Å². The fourth-order valence-electron chi connectivity index (χ4n) is 5.79. The minimum Gasteiger partial charge on any atom is -0.393 e. The quantitative estimate of drug-likeness (QED) is 0.442. The predicted molar refractivity (Wildman–Crippen MR) is 134 cm³/mol. The zero-order valence-corrected chi connectivity index (χ0v) is 20.6. The highest BCUT2D eigenvalue weighted by Gasteiger charge is 2.33. The molecular weight excluding hydrogens is 445 g/mol. The lowest BCUT2D eigenvalue weighted by molar-refractivity contribution is -0.00457. The molecule has 0 radical (unpaired) electrons. The smallest absolute Gasteiger partial charge is 0.210 e. The fourth-order valence-corrected chi connectivity index (χ4v) is 5.79. The zero-order valence-electron chi connectivity index (χ0n) is 20.6. The lowest BCUT2D eigenvalue weighted by Crippen LogP contribution is -2.34. The highest BCUT2D eigenvalue weighted by Crippen LogP contribution is 2.40. The molecule has 0 spiro atoms. The van der Waals surface area contributed by atoms with Crippen molar-refractivity contribution >= 4 is 22.8 Å². The van der Waals surface area contributed by atoms with Gasteiger partial charge >= 0.3 is 0 Å². The molecule has 0 atom stereocenters. The number of anilines is 2. The molecule has 2 fully saturated rings. The van der Waals surface area contributed by atoms with Crippen molar-refractivity contribution < 1.29 is 14.6 Å². The molecule has 2 saturated carbocycles. The van der Waals surface area contributed by atoms with Crippen molar-refractivity contribution in [2.75, 3.05) is 5.32 Å². The molecule has 2 aliphatic rings. The Balaban J connectivity index is 1.47. The molecule has 5 rings (SSSR count). The number of rotatable bonds is 6. The van der Waals surface area contributed by atoms with Crippen LogP contribution >= 0.6 is 0 Å². The molecule has 3 aromatic rings. The predicted octanol–water partition coefficient (Wildman–Crippen LogP) is 5.30. The van der Waals surface area contributed by atoms with Gasteiger partial charge in [0.1, 0.15) is 17.2 Å². The van der Waals surface area contributed by atoms with Crippen LogP contribution < -0.4 is 5.32 Å². The summed E-state index contributed by atoms with van der Waals surface area (Å²) in [5.41, 5.74) is 1.15. The van der Waals surface area contributed by atoms with E-state index in [2.05, 4.69) is 14.9 Å². The first-order valence-electron chi connectivity index (χ1n) is 12.9. The highest BCUT2D eigenvalue weighted by atomic mass is 19.1. The lowest BCUT2D eigenvalue weighted by atomic mass is 9.77. The van der Waals surface area contributed by atoms with E-state index in [1.807, 2.05) is 13.8 Å². The van der Waals surface area contributed by atoms with Gasteiger partial charge in [-0.2, -0.15) is 0 Å². The molecule has 0 aliphatic heterocycles. The Labute approximate surface area is 205 Å². The van der Waals surface area contributed by atoms with E-state index in [1.165, 1.54) is 6.07 Å². The van der Waals surface area contributed by atoms with Crippen LogP contribution in [0.15, 0.2) is 30.5 Å². The Morgan fingerprint density at radius 2 is 1.74 bits per heavy atom. The summed E-state index contributed by atoms with van der Waals surface area (Å²) in [6.07, 6.45) is 9.66. The van der Waals surface area contributed by atoms with Crippen molar-refractivity contribution in [1.82, 2.24) is 19.5 Å². The molecule has 1 aromatic carbocycles. The minimum atomic E-state index is -0.695. The van der Waals surface area contributed by atoms with E-state index in [-0.39, 0.29) is 23.9 Å². The summed E-state index contributed by atoms with van der Waals surface area (Å²) in [5, 5.41) is 23.6. The average Bonchev–Trinajstić information content (AvgIpc) is 3.19. The summed E-state index contributed by atoms with van der Waals surface area (Å²) in [4.78, 5) is 14.3. The van der Waals surface area contributed by atoms with Crippen molar-refractivity contribution in [2.45, 2.75) is 89.4 Å². The Morgan fingerprint density at radius 3 is 2.43 bits per heavy atom. The van der Waals surface area contributed by atoms with Gasteiger partial charge in [0, 0.05) is 12.5 Å². The molecule has 0 amide bonds. The van der Waals surface area contributed by atoms with Gasteiger partial charge in [-0.05, 0) is 89.2 Å². The van der Waals surface area contributed by atoms with E-state index in [9.17, 15) is 14.6 Å². The number of aliphatic hydroxyl groups excluding tert-OH is 1. The number of aliphatic hydroxyl groups is 2. The molecule has 0 unspecified atom stereocenters. The summed E-state index contributed by atoms with van der Waals surface area (Å²) in [7, 11) is 0. The summed E-state index contributed by atoms with van der Waals surface area (Å²) in [6, 6.07) is 6.76. The topological polar surface area (TPSA) is 96.1 Å². The normalized spacial score (nSPS) is 25.6. The van der Waals surface area contributed by atoms with Crippen LogP contribution in [-0.4, -0.2) is 41.4 Å². The molecule has 2 aromatic heterocycles. The Kier molecular flexibility index (Phi) is 6.77. The van der Waals surface area contributed by atoms with E-state index in [1.54, 1.807) is 24.4 Å². The Hall–Kier alpha value is -2.58. The van der Waals surface area contributed by atoms with Gasteiger partial charge in [0.05, 0.1) is 23.6 Å². The summed E-state index contributed by atoms with van der Waals surface area (Å²) in [6.45, 7) is 3.78. The van der Waals surface area contributed by atoms with Crippen LogP contribution in [0.5, 0.6) is 0 Å². The fraction of sp³-hybridized carbons (Fsp3) is 0.593. The van der Waals surface area contributed by atoms with E-state index >= 15 is 0 Å². The Morgan fingerprint density at radius 1 is 1.03 bits per heavy atom. The monoisotopic (exact) mass is 481 g/mol. The summed E-state index contributed by atoms with van der Waals surface area (Å²) >= 11 is 0. The molecule has 188 valence electrons. The van der Waals surface area contributed by atoms with E-state index < -0.39 is 5.60 Å². The van der Waals surface area contributed by atoms with E-state index in [4.69, 9.17) is 9.97 Å². The van der Waals surface area contributed by atoms with Gasteiger partial charge in [0.25, 0.3) is 0 Å². The molecule has 35 heavy (non-hydrogen) atoms. The standard InChI is InChI=1S/C27H36FN5O2/c1-27(2,35)18-9-11-19(12-10-18)33-25-23(31-26(33)30-22-6-4-3-5-21(22)28)16-29-24(32-25)15-17-7-13-20(34)14-8-17/h3-6,16-20,34-35H,7-15H2,1-2H3,(H,30,31). The molecule has 2 heterocycles. The maximum Gasteiger partial charge on any atom is 0.210 e. The zero-order chi connectivity index (χ0) is 24.6. The number of para-hydroxylation sites is 1. The molecule has 7 nitrogen and oxygen atoms in total. The molecule has 2 aliphatic carbocycles. The third-order valence-electron chi connectivity index (χ3n) is 7.95. The SMILES string of the molecule is CC(C)(O)C1CCC(n2c(Nc3ccccc3F)nc3cnc(CC4CCC(O)CC4)nc32)CC1. The largest absolute Gasteiger partial charge is 0.393 e. The maximum atomic E-state index is 14.5. The number of benzene rings is 1. The van der Waals surface area contributed by atoms with Crippen molar-refractivity contribution in [1.29, 1.82) is 0 Å². The van der Waals surface area contributed by atoms with Gasteiger partial charge in [-0.15, -0.1) is 0 Å². The van der Waals surface area contributed by atoms with Crippen molar-refractivity contribution in [3.63, 3.8) is 0 Å². The van der Waals surface area contributed by atoms with Crippen LogP contribution in [0.3, 0.4) is 0 Å². The van der Waals surface area contributed by atoms with Gasteiger partial charge < -0.3 is 15.5 Å². The number of hydrogen-bond acceptors (Lipinski definition) is 6. The van der Waals surface area contributed by atoms with Gasteiger partial charge in [-0.3, -0.25) is 4.57 Å². The van der Waals surface area contributed by atoms with Gasteiger partial charge in [0.2, 0.25) is 5.95 Å². The minimum absolute atomic E-state index is 0.153. The summed E-state index contributed by atoms with van der Waals surface area (Å²) in [5.74, 6) is 1.77. The molecular formula is C27H36FN5O2. The number of fused-ring (bicyclic) bond motifs is 1. The number of hydrogen-bond donors (Lipinski definition) is 3. The first-order valence-corrected chi connectivity index (χ1v) is 12.9. The number of nitrogens with zero attached hydrogens (tertiary/aromatic N) is 4. The van der Waals surface area contributed by atoms with Gasteiger partial charge in [-0.1, -0.05) is 12.1 Å². The van der Waals surface area contributed by atoms with Crippen molar-refractivity contribution in [3.05, 3.63) is 42.1 Å². The maximum absolute atomic E-state index is 14.5. The second kappa shape index (κ2) is 9.82. The van der Waals surface area contributed by atoms with Crippen molar-refractivity contribution in [2.24, 2.45) is 11.8 Å². The third-order valence-corrected chi connectivity index (χ3v) is 7.95. The molecule has 0 saturated heterocycles. The first-order chi connectivity index (χ1) is 16.8. The number of imidazole rings is 1. The highest BCUT2D eigenvalue weighted by molar-refractivity contribution is 5.75. The second-order valence-corrected chi connectivity index (χ2v) is 10.9. The van der Waals surface area contributed by atoms with Gasteiger partial charge in [0.15, 0.2) is 5.65 Å². The second-order valence-electron chi connectivity index (χ2n) is 10.9.